The van der Waals surface area contributed by atoms with Crippen molar-refractivity contribution in [2.45, 2.75) is 0 Å². The van der Waals surface area contributed by atoms with Gasteiger partial charge in [0.25, 0.3) is 0 Å². The first-order valence-electron chi connectivity index (χ1n) is 5.09. The summed E-state index contributed by atoms with van der Waals surface area (Å²) in [4.78, 5) is 8.12. The Kier molecular flexibility index (Phi) is 3.17. The lowest BCUT2D eigenvalue weighted by molar-refractivity contribution is 1.16. The van der Waals surface area contributed by atoms with E-state index in [0.29, 0.717) is 11.4 Å². The van der Waals surface area contributed by atoms with Gasteiger partial charge in [0, 0.05) is 18.8 Å². The van der Waals surface area contributed by atoms with Crippen LogP contribution in [0.15, 0.2) is 36.7 Å². The lowest BCUT2D eigenvalue weighted by atomic mass is 10.2. The number of aromatic nitrogens is 2. The molecule has 0 atom stereocenters. The fourth-order valence-corrected chi connectivity index (χ4v) is 1.34. The monoisotopic (exact) mass is 225 g/mol. The third-order valence-electron chi connectivity index (χ3n) is 2.21. The van der Waals surface area contributed by atoms with Crippen molar-refractivity contribution in [2.24, 2.45) is 0 Å². The van der Waals surface area contributed by atoms with Crippen molar-refractivity contribution < 1.29 is 0 Å². The molecule has 5 heteroatoms. The van der Waals surface area contributed by atoms with E-state index in [1.807, 2.05) is 12.1 Å². The van der Waals surface area contributed by atoms with Gasteiger partial charge in [-0.3, -0.25) is 0 Å². The first kappa shape index (κ1) is 10.9. The molecule has 2 N–H and O–H groups in total. The Hall–Kier alpha value is -2.61. The van der Waals surface area contributed by atoms with Crippen molar-refractivity contribution in [3.63, 3.8) is 0 Å². The van der Waals surface area contributed by atoms with Gasteiger partial charge in [-0.05, 0) is 24.3 Å². The van der Waals surface area contributed by atoms with Crippen LogP contribution in [0.2, 0.25) is 0 Å². The molecule has 84 valence electrons. The summed E-state index contributed by atoms with van der Waals surface area (Å²) in [5.74, 6) is 1.45. The quantitative estimate of drug-likeness (QED) is 0.837. The number of nitrogens with one attached hydrogen (secondary N) is 2. The maximum absolute atomic E-state index is 8.69. The summed E-state index contributed by atoms with van der Waals surface area (Å²) in [6.45, 7) is 0. The number of hydrogen-bond acceptors (Lipinski definition) is 5. The van der Waals surface area contributed by atoms with Crippen molar-refractivity contribution in [3.05, 3.63) is 42.2 Å². The van der Waals surface area contributed by atoms with Gasteiger partial charge in [-0.25, -0.2) is 9.97 Å². The van der Waals surface area contributed by atoms with E-state index in [2.05, 4.69) is 26.7 Å². The van der Waals surface area contributed by atoms with E-state index in [-0.39, 0.29) is 0 Å². The number of nitriles is 1. The molecule has 0 amide bonds. The number of nitrogens with zero attached hydrogens (tertiary/aromatic N) is 3. The molecule has 0 spiro atoms. The summed E-state index contributed by atoms with van der Waals surface area (Å²) in [6.07, 6.45) is 1.48. The van der Waals surface area contributed by atoms with E-state index in [1.54, 1.807) is 25.2 Å². The zero-order chi connectivity index (χ0) is 12.1. The van der Waals surface area contributed by atoms with E-state index < -0.39 is 0 Å². The molecule has 0 aliphatic carbocycles. The number of rotatable bonds is 3. The Morgan fingerprint density at radius 1 is 1.12 bits per heavy atom. The average molecular weight is 225 g/mol. The van der Waals surface area contributed by atoms with Crippen LogP contribution in [0, 0.1) is 11.3 Å². The van der Waals surface area contributed by atoms with E-state index in [1.165, 1.54) is 6.33 Å². The van der Waals surface area contributed by atoms with Crippen molar-refractivity contribution in [3.8, 4) is 6.07 Å². The molecular weight excluding hydrogens is 214 g/mol. The first-order chi connectivity index (χ1) is 8.31. The molecule has 0 aliphatic heterocycles. The fraction of sp³-hybridized carbons (Fsp3) is 0.0833. The Balaban J connectivity index is 2.16. The minimum Gasteiger partial charge on any atom is -0.373 e. The summed E-state index contributed by atoms with van der Waals surface area (Å²) in [7, 11) is 1.80. The molecule has 17 heavy (non-hydrogen) atoms. The van der Waals surface area contributed by atoms with Crippen LogP contribution < -0.4 is 10.6 Å². The van der Waals surface area contributed by atoms with Crippen LogP contribution in [-0.4, -0.2) is 17.0 Å². The van der Waals surface area contributed by atoms with Crippen LogP contribution in [0.3, 0.4) is 0 Å². The number of anilines is 3. The molecule has 2 aromatic rings. The highest BCUT2D eigenvalue weighted by atomic mass is 15.1. The molecule has 2 rings (SSSR count). The molecule has 0 radical (unpaired) electrons. The summed E-state index contributed by atoms with van der Waals surface area (Å²) in [5.41, 5.74) is 1.51. The molecule has 1 aromatic carbocycles. The van der Waals surface area contributed by atoms with Crippen LogP contribution in [-0.2, 0) is 0 Å². The van der Waals surface area contributed by atoms with Gasteiger partial charge < -0.3 is 10.6 Å². The summed E-state index contributed by atoms with van der Waals surface area (Å²) in [5, 5.41) is 14.8. The molecule has 0 bridgehead atoms. The third-order valence-corrected chi connectivity index (χ3v) is 2.21. The Bertz CT molecular complexity index is 542. The molecule has 0 saturated carbocycles. The Labute approximate surface area is 99.1 Å². The fourth-order valence-electron chi connectivity index (χ4n) is 1.34. The van der Waals surface area contributed by atoms with Gasteiger partial charge in [0.2, 0.25) is 0 Å². The third kappa shape index (κ3) is 2.69. The van der Waals surface area contributed by atoms with E-state index >= 15 is 0 Å². The molecule has 0 saturated heterocycles. The Morgan fingerprint density at radius 2 is 1.82 bits per heavy atom. The second kappa shape index (κ2) is 4.94. The number of hydrogen-bond donors (Lipinski definition) is 2. The van der Waals surface area contributed by atoms with E-state index in [9.17, 15) is 0 Å². The minimum atomic E-state index is 0.633. The molecular formula is C12H11N5. The SMILES string of the molecule is CNc1cc(Nc2ccc(C#N)cc2)ncn1. The zero-order valence-electron chi connectivity index (χ0n) is 9.31. The summed E-state index contributed by atoms with van der Waals surface area (Å²) >= 11 is 0. The van der Waals surface area contributed by atoms with Gasteiger partial charge >= 0.3 is 0 Å². The van der Waals surface area contributed by atoms with Crippen LogP contribution in [0.1, 0.15) is 5.56 Å². The summed E-state index contributed by atoms with van der Waals surface area (Å²) in [6, 6.07) is 11.0. The van der Waals surface area contributed by atoms with Crippen LogP contribution >= 0.6 is 0 Å². The number of benzene rings is 1. The van der Waals surface area contributed by atoms with E-state index in [4.69, 9.17) is 5.26 Å². The predicted molar refractivity (Wildman–Crippen MR) is 66.0 cm³/mol. The maximum atomic E-state index is 8.69. The zero-order valence-corrected chi connectivity index (χ0v) is 9.31. The van der Waals surface area contributed by atoms with E-state index in [0.717, 1.165) is 11.5 Å². The van der Waals surface area contributed by atoms with Gasteiger partial charge in [-0.1, -0.05) is 0 Å². The molecule has 0 fully saturated rings. The topological polar surface area (TPSA) is 73.6 Å². The lowest BCUT2D eigenvalue weighted by Gasteiger charge is -2.06. The molecule has 1 aromatic heterocycles. The highest BCUT2D eigenvalue weighted by Crippen LogP contribution is 2.16. The van der Waals surface area contributed by atoms with Gasteiger partial charge in [0.15, 0.2) is 0 Å². The molecule has 0 aliphatic rings. The normalized spacial score (nSPS) is 9.41. The highest BCUT2D eigenvalue weighted by Gasteiger charge is 1.98. The summed E-state index contributed by atoms with van der Waals surface area (Å²) < 4.78 is 0. The van der Waals surface area contributed by atoms with Gasteiger partial charge in [-0.15, -0.1) is 0 Å². The Morgan fingerprint density at radius 3 is 2.47 bits per heavy atom. The van der Waals surface area contributed by atoms with Crippen LogP contribution in [0.25, 0.3) is 0 Å². The van der Waals surface area contributed by atoms with Gasteiger partial charge in [-0.2, -0.15) is 5.26 Å². The highest BCUT2D eigenvalue weighted by molar-refractivity contribution is 5.59. The van der Waals surface area contributed by atoms with Crippen LogP contribution in [0.5, 0.6) is 0 Å². The minimum absolute atomic E-state index is 0.633. The second-order valence-electron chi connectivity index (χ2n) is 3.35. The smallest absolute Gasteiger partial charge is 0.135 e. The average Bonchev–Trinajstić information content (AvgIpc) is 2.40. The van der Waals surface area contributed by atoms with Crippen molar-refractivity contribution in [2.75, 3.05) is 17.7 Å². The van der Waals surface area contributed by atoms with Gasteiger partial charge in [0.05, 0.1) is 11.6 Å². The molecule has 1 heterocycles. The van der Waals surface area contributed by atoms with Gasteiger partial charge in [0.1, 0.15) is 18.0 Å². The molecule has 5 nitrogen and oxygen atoms in total. The first-order valence-corrected chi connectivity index (χ1v) is 5.09. The van der Waals surface area contributed by atoms with Crippen molar-refractivity contribution in [1.82, 2.24) is 9.97 Å². The largest absolute Gasteiger partial charge is 0.373 e. The second-order valence-corrected chi connectivity index (χ2v) is 3.35. The van der Waals surface area contributed by atoms with Crippen molar-refractivity contribution >= 4 is 17.3 Å². The maximum Gasteiger partial charge on any atom is 0.135 e. The van der Waals surface area contributed by atoms with Crippen LogP contribution in [0.4, 0.5) is 17.3 Å². The lowest BCUT2D eigenvalue weighted by Crippen LogP contribution is -1.97. The predicted octanol–water partition coefficient (Wildman–Crippen LogP) is 2.13. The molecule has 0 unspecified atom stereocenters. The van der Waals surface area contributed by atoms with Crippen molar-refractivity contribution in [1.29, 1.82) is 5.26 Å². The standard InChI is InChI=1S/C12H11N5/c1-14-11-6-12(16-8-15-11)17-10-4-2-9(7-13)3-5-10/h2-6,8H,1H3,(H2,14,15,16,17).